The molecule has 2 aromatic rings. The third kappa shape index (κ3) is 3.61. The van der Waals surface area contributed by atoms with Crippen LogP contribution in [0.25, 0.3) is 0 Å². The van der Waals surface area contributed by atoms with E-state index in [1.165, 1.54) is 11.6 Å². The van der Waals surface area contributed by atoms with Gasteiger partial charge in [-0.15, -0.1) is 0 Å². The first-order chi connectivity index (χ1) is 9.08. The number of benzene rings is 1. The highest BCUT2D eigenvalue weighted by atomic mass is 79.9. The smallest absolute Gasteiger partial charge is 0.137 e. The normalized spacial score (nSPS) is 14.1. The van der Waals surface area contributed by atoms with E-state index in [0.717, 1.165) is 5.56 Å². The number of rotatable bonds is 4. The quantitative estimate of drug-likeness (QED) is 0.902. The molecule has 1 aromatic carbocycles. The number of halogens is 2. The van der Waals surface area contributed by atoms with Gasteiger partial charge in [-0.3, -0.25) is 4.98 Å². The van der Waals surface area contributed by atoms with Crippen LogP contribution in [0.5, 0.6) is 0 Å². The van der Waals surface area contributed by atoms with Gasteiger partial charge in [-0.05, 0) is 65.2 Å². The number of nitrogens with one attached hydrogen (secondary N) is 1. The largest absolute Gasteiger partial charge is 0.304 e. The van der Waals surface area contributed by atoms with Gasteiger partial charge in [0.05, 0.1) is 4.47 Å². The van der Waals surface area contributed by atoms with Crippen molar-refractivity contribution in [2.75, 3.05) is 0 Å². The van der Waals surface area contributed by atoms with Crippen LogP contribution in [-0.2, 0) is 0 Å². The summed E-state index contributed by atoms with van der Waals surface area (Å²) in [5.41, 5.74) is 2.23. The molecule has 0 fully saturated rings. The highest BCUT2D eigenvalue weighted by Crippen LogP contribution is 2.23. The van der Waals surface area contributed by atoms with E-state index in [9.17, 15) is 4.39 Å². The predicted molar refractivity (Wildman–Crippen MR) is 78.3 cm³/mol. The van der Waals surface area contributed by atoms with Crippen LogP contribution in [0, 0.1) is 5.82 Å². The first-order valence-electron chi connectivity index (χ1n) is 6.19. The van der Waals surface area contributed by atoms with E-state index in [4.69, 9.17) is 0 Å². The van der Waals surface area contributed by atoms with Crippen molar-refractivity contribution in [1.82, 2.24) is 10.3 Å². The van der Waals surface area contributed by atoms with Crippen LogP contribution in [0.3, 0.4) is 0 Å². The van der Waals surface area contributed by atoms with Crippen molar-refractivity contribution in [3.63, 3.8) is 0 Å². The van der Waals surface area contributed by atoms with Gasteiger partial charge in [-0.1, -0.05) is 6.07 Å². The fourth-order valence-corrected chi connectivity index (χ4v) is 2.40. The Morgan fingerprint density at radius 3 is 2.32 bits per heavy atom. The number of hydrogen-bond donors (Lipinski definition) is 1. The van der Waals surface area contributed by atoms with Crippen molar-refractivity contribution in [3.8, 4) is 0 Å². The molecule has 1 unspecified atom stereocenters. The lowest BCUT2D eigenvalue weighted by Crippen LogP contribution is -2.22. The fraction of sp³-hybridized carbons (Fsp3) is 0.267. The molecule has 1 heterocycles. The standard InChI is InChI=1S/C15H16BrFN2/c1-10(12-5-7-18-8-6-12)19-11(2)13-3-4-15(17)14(16)9-13/h3-11,19H,1-2H3/t10-,11?/m1/s1. The highest BCUT2D eigenvalue weighted by Gasteiger charge is 2.12. The van der Waals surface area contributed by atoms with Crippen molar-refractivity contribution >= 4 is 15.9 Å². The monoisotopic (exact) mass is 322 g/mol. The Morgan fingerprint density at radius 1 is 1.05 bits per heavy atom. The summed E-state index contributed by atoms with van der Waals surface area (Å²) in [6, 6.07) is 9.43. The predicted octanol–water partition coefficient (Wildman–Crippen LogP) is 4.40. The number of pyridine rings is 1. The second kappa shape index (κ2) is 6.26. The van der Waals surface area contributed by atoms with Crippen LogP contribution in [0.15, 0.2) is 47.2 Å². The van der Waals surface area contributed by atoms with Gasteiger partial charge in [0, 0.05) is 24.5 Å². The van der Waals surface area contributed by atoms with Crippen LogP contribution in [0.4, 0.5) is 4.39 Å². The fourth-order valence-electron chi connectivity index (χ4n) is 2.00. The average molecular weight is 323 g/mol. The Morgan fingerprint density at radius 2 is 1.68 bits per heavy atom. The molecule has 0 spiro atoms. The summed E-state index contributed by atoms with van der Waals surface area (Å²) in [7, 11) is 0. The Kier molecular flexibility index (Phi) is 4.66. The van der Waals surface area contributed by atoms with E-state index >= 15 is 0 Å². The van der Waals surface area contributed by atoms with Crippen LogP contribution in [0.1, 0.15) is 37.1 Å². The van der Waals surface area contributed by atoms with Gasteiger partial charge in [0.1, 0.15) is 5.82 Å². The molecule has 1 N–H and O–H groups in total. The van der Waals surface area contributed by atoms with Crippen LogP contribution in [0.2, 0.25) is 0 Å². The second-order valence-electron chi connectivity index (χ2n) is 4.56. The molecule has 2 nitrogen and oxygen atoms in total. The van der Waals surface area contributed by atoms with Gasteiger partial charge in [0.15, 0.2) is 0 Å². The molecule has 0 radical (unpaired) electrons. The number of hydrogen-bond acceptors (Lipinski definition) is 2. The maximum Gasteiger partial charge on any atom is 0.137 e. The third-order valence-corrected chi connectivity index (χ3v) is 3.76. The van der Waals surface area contributed by atoms with Crippen molar-refractivity contribution in [3.05, 3.63) is 64.1 Å². The summed E-state index contributed by atoms with van der Waals surface area (Å²) < 4.78 is 13.7. The summed E-state index contributed by atoms with van der Waals surface area (Å²) in [4.78, 5) is 4.01. The van der Waals surface area contributed by atoms with Gasteiger partial charge in [0.2, 0.25) is 0 Å². The molecule has 1 aromatic heterocycles. The summed E-state index contributed by atoms with van der Waals surface area (Å²) in [5, 5.41) is 3.49. The number of nitrogens with zero attached hydrogens (tertiary/aromatic N) is 1. The lowest BCUT2D eigenvalue weighted by molar-refractivity contribution is 0.493. The zero-order chi connectivity index (χ0) is 13.8. The van der Waals surface area contributed by atoms with Crippen molar-refractivity contribution < 1.29 is 4.39 Å². The summed E-state index contributed by atoms with van der Waals surface area (Å²) >= 11 is 3.21. The SMILES string of the molecule is CC(N[C@H](C)c1ccncc1)c1ccc(F)c(Br)c1. The molecular weight excluding hydrogens is 307 g/mol. The lowest BCUT2D eigenvalue weighted by Gasteiger charge is -2.21. The molecule has 0 aliphatic carbocycles. The minimum atomic E-state index is -0.238. The van der Waals surface area contributed by atoms with Gasteiger partial charge in [-0.25, -0.2) is 4.39 Å². The van der Waals surface area contributed by atoms with E-state index in [-0.39, 0.29) is 17.9 Å². The van der Waals surface area contributed by atoms with Gasteiger partial charge in [-0.2, -0.15) is 0 Å². The third-order valence-electron chi connectivity index (χ3n) is 3.15. The molecule has 0 amide bonds. The van der Waals surface area contributed by atoms with Crippen LogP contribution >= 0.6 is 15.9 Å². The van der Waals surface area contributed by atoms with E-state index < -0.39 is 0 Å². The van der Waals surface area contributed by atoms with E-state index in [1.54, 1.807) is 18.5 Å². The summed E-state index contributed by atoms with van der Waals surface area (Å²) in [6.07, 6.45) is 3.57. The molecule has 19 heavy (non-hydrogen) atoms. The molecule has 4 heteroatoms. The highest BCUT2D eigenvalue weighted by molar-refractivity contribution is 9.10. The summed E-state index contributed by atoms with van der Waals surface area (Å²) in [6.45, 7) is 4.17. The topological polar surface area (TPSA) is 24.9 Å². The van der Waals surface area contributed by atoms with Crippen LogP contribution < -0.4 is 5.32 Å². The molecule has 100 valence electrons. The van der Waals surface area contributed by atoms with Crippen molar-refractivity contribution in [2.45, 2.75) is 25.9 Å². The van der Waals surface area contributed by atoms with E-state index in [0.29, 0.717) is 4.47 Å². The zero-order valence-electron chi connectivity index (χ0n) is 10.9. The van der Waals surface area contributed by atoms with Gasteiger partial charge < -0.3 is 5.32 Å². The maximum atomic E-state index is 13.2. The Bertz CT molecular complexity index is 545. The minimum Gasteiger partial charge on any atom is -0.304 e. The molecule has 0 saturated heterocycles. The van der Waals surface area contributed by atoms with Crippen LogP contribution in [-0.4, -0.2) is 4.98 Å². The maximum absolute atomic E-state index is 13.2. The Labute approximate surface area is 121 Å². The van der Waals surface area contributed by atoms with E-state index in [2.05, 4.69) is 40.1 Å². The molecular formula is C15H16BrFN2. The van der Waals surface area contributed by atoms with E-state index in [1.807, 2.05) is 18.2 Å². The van der Waals surface area contributed by atoms with Gasteiger partial charge in [0.25, 0.3) is 0 Å². The molecule has 0 aliphatic rings. The van der Waals surface area contributed by atoms with Gasteiger partial charge >= 0.3 is 0 Å². The lowest BCUT2D eigenvalue weighted by atomic mass is 10.1. The molecule has 0 aliphatic heterocycles. The summed E-state index contributed by atoms with van der Waals surface area (Å²) in [5.74, 6) is -0.238. The molecule has 2 atom stereocenters. The number of aromatic nitrogens is 1. The molecule has 0 saturated carbocycles. The minimum absolute atomic E-state index is 0.139. The Hall–Kier alpha value is -1.26. The average Bonchev–Trinajstić information content (AvgIpc) is 2.42. The van der Waals surface area contributed by atoms with Crippen molar-refractivity contribution in [1.29, 1.82) is 0 Å². The first kappa shape index (κ1) is 14.2. The molecule has 2 rings (SSSR count). The second-order valence-corrected chi connectivity index (χ2v) is 5.42. The first-order valence-corrected chi connectivity index (χ1v) is 6.98. The zero-order valence-corrected chi connectivity index (χ0v) is 12.5. The molecule has 0 bridgehead atoms. The van der Waals surface area contributed by atoms with Crippen molar-refractivity contribution in [2.24, 2.45) is 0 Å². The Balaban J connectivity index is 2.08.